The smallest absolute Gasteiger partial charge is 0.319 e. The summed E-state index contributed by atoms with van der Waals surface area (Å²) in [5.41, 5.74) is -0.247. The zero-order valence-corrected chi connectivity index (χ0v) is 19.5. The minimum Gasteiger partial charge on any atom is -0.461 e. The van der Waals surface area contributed by atoms with Gasteiger partial charge in [0.2, 0.25) is 0 Å². The van der Waals surface area contributed by atoms with Gasteiger partial charge in [0.25, 0.3) is 0 Å². The third-order valence-electron chi connectivity index (χ3n) is 6.62. The summed E-state index contributed by atoms with van der Waals surface area (Å²) in [6, 6.07) is 0.0782. The molecule has 2 atom stereocenters. The van der Waals surface area contributed by atoms with E-state index in [1.807, 2.05) is 6.26 Å². The van der Waals surface area contributed by atoms with Crippen LogP contribution in [0.25, 0.3) is 10.9 Å². The molecule has 0 aromatic carbocycles. The number of nitrogens with zero attached hydrogens (tertiary/aromatic N) is 5. The Morgan fingerprint density at radius 1 is 1.22 bits per heavy atom. The number of hydrogen-bond acceptors (Lipinski definition) is 8. The van der Waals surface area contributed by atoms with Crippen LogP contribution in [0.3, 0.4) is 0 Å². The summed E-state index contributed by atoms with van der Waals surface area (Å²) in [6.07, 6.45) is 4.17. The minimum atomic E-state index is -0.851. The van der Waals surface area contributed by atoms with Gasteiger partial charge in [-0.05, 0) is 32.1 Å². The van der Waals surface area contributed by atoms with Crippen LogP contribution in [-0.4, -0.2) is 83.8 Å². The highest BCUT2D eigenvalue weighted by Crippen LogP contribution is 2.41. The summed E-state index contributed by atoms with van der Waals surface area (Å²) in [5, 5.41) is 0.863. The number of fused-ring (bicyclic) bond motifs is 2. The molecule has 0 N–H and O–H groups in total. The number of anilines is 1. The first-order valence-corrected chi connectivity index (χ1v) is 12.6. The van der Waals surface area contributed by atoms with E-state index in [9.17, 15) is 4.39 Å². The highest BCUT2D eigenvalue weighted by Gasteiger charge is 2.49. The number of hydrogen-bond donors (Lipinski definition) is 0. The molecule has 11 heteroatoms. The van der Waals surface area contributed by atoms with Crippen molar-refractivity contribution in [3.05, 3.63) is 11.0 Å². The molecule has 0 spiro atoms. The van der Waals surface area contributed by atoms with Crippen molar-refractivity contribution in [2.45, 2.75) is 42.4 Å². The Morgan fingerprint density at radius 3 is 2.94 bits per heavy atom. The Morgan fingerprint density at radius 2 is 2.09 bits per heavy atom. The van der Waals surface area contributed by atoms with Crippen molar-refractivity contribution in [2.24, 2.45) is 0 Å². The van der Waals surface area contributed by atoms with Crippen molar-refractivity contribution in [2.75, 3.05) is 57.2 Å². The maximum atomic E-state index is 15.1. The topological polar surface area (TPSA) is 63.6 Å². The van der Waals surface area contributed by atoms with E-state index in [1.54, 1.807) is 0 Å². The van der Waals surface area contributed by atoms with Gasteiger partial charge in [0, 0.05) is 32.7 Å². The molecule has 32 heavy (non-hydrogen) atoms. The van der Waals surface area contributed by atoms with Gasteiger partial charge in [-0.3, -0.25) is 4.90 Å². The lowest BCUT2D eigenvalue weighted by molar-refractivity contribution is 0.107. The molecule has 3 aliphatic rings. The van der Waals surface area contributed by atoms with Crippen LogP contribution in [-0.2, 0) is 4.74 Å². The molecule has 5 heterocycles. The number of pyridine rings is 1. The van der Waals surface area contributed by atoms with Crippen molar-refractivity contribution in [1.29, 1.82) is 0 Å². The first-order chi connectivity index (χ1) is 15.5. The van der Waals surface area contributed by atoms with Crippen molar-refractivity contribution in [1.82, 2.24) is 19.9 Å². The zero-order chi connectivity index (χ0) is 22.3. The number of rotatable bonds is 5. The van der Waals surface area contributed by atoms with E-state index in [-0.39, 0.29) is 28.8 Å². The zero-order valence-electron chi connectivity index (χ0n) is 18.0. The van der Waals surface area contributed by atoms with E-state index in [4.69, 9.17) is 26.1 Å². The van der Waals surface area contributed by atoms with Crippen LogP contribution in [0, 0.1) is 5.82 Å². The largest absolute Gasteiger partial charge is 0.461 e. The van der Waals surface area contributed by atoms with E-state index in [2.05, 4.69) is 19.8 Å². The lowest BCUT2D eigenvalue weighted by Crippen LogP contribution is -2.43. The van der Waals surface area contributed by atoms with Gasteiger partial charge < -0.3 is 14.4 Å². The maximum Gasteiger partial charge on any atom is 0.319 e. The molecule has 3 saturated heterocycles. The molecule has 0 unspecified atom stereocenters. The van der Waals surface area contributed by atoms with Crippen LogP contribution < -0.4 is 9.64 Å². The van der Waals surface area contributed by atoms with Crippen molar-refractivity contribution >= 4 is 40.1 Å². The van der Waals surface area contributed by atoms with Gasteiger partial charge in [-0.1, -0.05) is 11.6 Å². The first kappa shape index (κ1) is 22.3. The fraction of sp³-hybridized carbons (Fsp3) is 0.667. The van der Waals surface area contributed by atoms with Crippen LogP contribution in [0.1, 0.15) is 25.7 Å². The van der Waals surface area contributed by atoms with Crippen molar-refractivity contribution < 1.29 is 18.3 Å². The molecule has 5 rings (SSSR count). The second-order valence-electron chi connectivity index (χ2n) is 8.60. The van der Waals surface area contributed by atoms with Gasteiger partial charge in [-0.25, -0.2) is 13.8 Å². The van der Waals surface area contributed by atoms with E-state index >= 15 is 4.39 Å². The minimum absolute atomic E-state index is 0.0782. The molecule has 174 valence electrons. The Kier molecular flexibility index (Phi) is 6.30. The lowest BCUT2D eigenvalue weighted by Gasteiger charge is -2.31. The number of ether oxygens (including phenoxy) is 2. The standard InChI is InChI=1S/C21H26ClF2N5O2S/c1-32-19-14-16(15(24)17(22)26-19)25-20(27-18(14)28-5-3-8-30-9-7-28)31-12-21-4-2-6-29(21)11-13(23)10-21/h13H,2-12H2,1H3/t13-,21+/m1/s1. The quantitative estimate of drug-likeness (QED) is 0.469. The van der Waals surface area contributed by atoms with Gasteiger partial charge in [0.1, 0.15) is 29.1 Å². The average Bonchev–Trinajstić information content (AvgIpc) is 3.16. The van der Waals surface area contributed by atoms with E-state index in [0.717, 1.165) is 25.8 Å². The summed E-state index contributed by atoms with van der Waals surface area (Å²) < 4.78 is 40.8. The molecule has 0 radical (unpaired) electrons. The molecule has 3 aliphatic heterocycles. The summed E-state index contributed by atoms with van der Waals surface area (Å²) in [7, 11) is 0. The van der Waals surface area contributed by atoms with Crippen LogP contribution in [0.5, 0.6) is 6.01 Å². The number of aromatic nitrogens is 3. The molecule has 2 aromatic rings. The summed E-state index contributed by atoms with van der Waals surface area (Å²) >= 11 is 7.44. The Balaban J connectivity index is 1.55. The van der Waals surface area contributed by atoms with E-state index < -0.39 is 12.0 Å². The Bertz CT molecular complexity index is 1010. The van der Waals surface area contributed by atoms with Gasteiger partial charge in [0.05, 0.1) is 17.5 Å². The monoisotopic (exact) mass is 485 g/mol. The number of thioether (sulfide) groups is 1. The van der Waals surface area contributed by atoms with Crippen LogP contribution in [0.4, 0.5) is 14.6 Å². The second-order valence-corrected chi connectivity index (χ2v) is 9.75. The molecule has 0 aliphatic carbocycles. The molecule has 0 amide bonds. The summed E-state index contributed by atoms with van der Waals surface area (Å²) in [5.74, 6) is -0.122. The fourth-order valence-corrected chi connectivity index (χ4v) is 5.92. The predicted molar refractivity (Wildman–Crippen MR) is 120 cm³/mol. The number of halogens is 3. The first-order valence-electron chi connectivity index (χ1n) is 11.0. The summed E-state index contributed by atoms with van der Waals surface area (Å²) in [4.78, 5) is 17.5. The molecule has 7 nitrogen and oxygen atoms in total. The molecular weight excluding hydrogens is 460 g/mol. The van der Waals surface area contributed by atoms with E-state index in [1.165, 1.54) is 11.8 Å². The van der Waals surface area contributed by atoms with Crippen LogP contribution >= 0.6 is 23.4 Å². The average molecular weight is 486 g/mol. The third-order valence-corrected chi connectivity index (χ3v) is 7.55. The molecule has 3 fully saturated rings. The number of alkyl halides is 1. The van der Waals surface area contributed by atoms with Crippen molar-refractivity contribution in [3.8, 4) is 6.01 Å². The lowest BCUT2D eigenvalue weighted by atomic mass is 9.95. The third kappa shape index (κ3) is 3.99. The van der Waals surface area contributed by atoms with Gasteiger partial charge in [0.15, 0.2) is 11.0 Å². The highest BCUT2D eigenvalue weighted by atomic mass is 35.5. The summed E-state index contributed by atoms with van der Waals surface area (Å²) in [6.45, 7) is 4.13. The second kappa shape index (κ2) is 9.04. The maximum absolute atomic E-state index is 15.1. The normalized spacial score (nSPS) is 26.5. The van der Waals surface area contributed by atoms with Crippen LogP contribution in [0.2, 0.25) is 5.15 Å². The van der Waals surface area contributed by atoms with E-state index in [0.29, 0.717) is 55.5 Å². The molecule has 0 saturated carbocycles. The van der Waals surface area contributed by atoms with Gasteiger partial charge >= 0.3 is 6.01 Å². The van der Waals surface area contributed by atoms with Gasteiger partial charge in [-0.15, -0.1) is 11.8 Å². The highest BCUT2D eigenvalue weighted by molar-refractivity contribution is 7.98. The molecule has 2 aromatic heterocycles. The Labute approximate surface area is 194 Å². The SMILES string of the molecule is CSc1nc(Cl)c(F)c2nc(OC[C@@]34CCCN3C[C@H](F)C4)nc(N3CCCOCC3)c12. The van der Waals surface area contributed by atoms with Crippen molar-refractivity contribution in [3.63, 3.8) is 0 Å². The van der Waals surface area contributed by atoms with Gasteiger partial charge in [-0.2, -0.15) is 9.97 Å². The van der Waals surface area contributed by atoms with Crippen LogP contribution in [0.15, 0.2) is 5.03 Å². The predicted octanol–water partition coefficient (Wildman–Crippen LogP) is 3.72. The Hall–Kier alpha value is -1.49. The molecule has 0 bridgehead atoms. The fourth-order valence-electron chi connectivity index (χ4n) is 5.12. The molecular formula is C21H26ClF2N5O2S.